The molecule has 2 aliphatic rings. The molecule has 0 aliphatic carbocycles. The Balaban J connectivity index is 1.61. The summed E-state index contributed by atoms with van der Waals surface area (Å²) in [4.78, 5) is 23.3. The van der Waals surface area contributed by atoms with Crippen LogP contribution in [0.25, 0.3) is 0 Å². The summed E-state index contributed by atoms with van der Waals surface area (Å²) in [5, 5.41) is 8.89. The lowest BCUT2D eigenvalue weighted by Crippen LogP contribution is -2.50. The first kappa shape index (κ1) is 12.2. The molecule has 3 rings (SSSR count). The quantitative estimate of drug-likeness (QED) is 0.683. The van der Waals surface area contributed by atoms with Gasteiger partial charge in [0.05, 0.1) is 12.1 Å². The normalized spacial score (nSPS) is 25.6. The fourth-order valence-corrected chi connectivity index (χ4v) is 2.65. The molecule has 1 aromatic carbocycles. The summed E-state index contributed by atoms with van der Waals surface area (Å²) < 4.78 is 0. The SMILES string of the molecule is O=C1CC(NC(=O)[C@H]2Cc3ccccc3CN2)CN1. The predicted molar refractivity (Wildman–Crippen MR) is 70.3 cm³/mol. The number of fused-ring (bicyclic) bond motifs is 1. The second kappa shape index (κ2) is 5.01. The van der Waals surface area contributed by atoms with Gasteiger partial charge in [-0.25, -0.2) is 0 Å². The van der Waals surface area contributed by atoms with Gasteiger partial charge in [0.1, 0.15) is 0 Å². The van der Waals surface area contributed by atoms with E-state index in [0.29, 0.717) is 19.4 Å². The van der Waals surface area contributed by atoms with Crippen LogP contribution < -0.4 is 16.0 Å². The average molecular weight is 259 g/mol. The first-order valence-electron chi connectivity index (χ1n) is 6.59. The molecular formula is C14H17N3O2. The molecule has 0 saturated carbocycles. The van der Waals surface area contributed by atoms with Gasteiger partial charge in [-0.15, -0.1) is 0 Å². The van der Waals surface area contributed by atoms with E-state index in [-0.39, 0.29) is 23.9 Å². The number of benzene rings is 1. The lowest BCUT2D eigenvalue weighted by molar-refractivity contribution is -0.124. The van der Waals surface area contributed by atoms with Crippen LogP contribution in [0.5, 0.6) is 0 Å². The van der Waals surface area contributed by atoms with E-state index in [1.165, 1.54) is 11.1 Å². The summed E-state index contributed by atoms with van der Waals surface area (Å²) >= 11 is 0. The van der Waals surface area contributed by atoms with Crippen molar-refractivity contribution in [1.82, 2.24) is 16.0 Å². The summed E-state index contributed by atoms with van der Waals surface area (Å²) in [6.45, 7) is 1.25. The van der Waals surface area contributed by atoms with Crippen LogP contribution in [0.15, 0.2) is 24.3 Å². The Morgan fingerprint density at radius 2 is 2.00 bits per heavy atom. The van der Waals surface area contributed by atoms with Crippen molar-refractivity contribution in [3.63, 3.8) is 0 Å². The number of hydrogen-bond acceptors (Lipinski definition) is 3. The van der Waals surface area contributed by atoms with E-state index in [1.54, 1.807) is 0 Å². The average Bonchev–Trinajstić information content (AvgIpc) is 2.83. The monoisotopic (exact) mass is 259 g/mol. The third kappa shape index (κ3) is 2.61. The van der Waals surface area contributed by atoms with Crippen molar-refractivity contribution in [3.8, 4) is 0 Å². The second-order valence-corrected chi connectivity index (χ2v) is 5.12. The smallest absolute Gasteiger partial charge is 0.237 e. The minimum atomic E-state index is -0.203. The van der Waals surface area contributed by atoms with Crippen molar-refractivity contribution >= 4 is 11.8 Å². The van der Waals surface area contributed by atoms with Crippen LogP contribution in [0.3, 0.4) is 0 Å². The van der Waals surface area contributed by atoms with Crippen molar-refractivity contribution in [2.75, 3.05) is 6.54 Å². The Hall–Kier alpha value is -1.88. The first-order chi connectivity index (χ1) is 9.22. The minimum absolute atomic E-state index is 0.00671. The number of amides is 2. The third-order valence-electron chi connectivity index (χ3n) is 3.72. The zero-order valence-corrected chi connectivity index (χ0v) is 10.6. The van der Waals surface area contributed by atoms with E-state index in [9.17, 15) is 9.59 Å². The largest absolute Gasteiger partial charge is 0.354 e. The van der Waals surface area contributed by atoms with Crippen LogP contribution in [0, 0.1) is 0 Å². The van der Waals surface area contributed by atoms with Gasteiger partial charge in [0.2, 0.25) is 11.8 Å². The summed E-state index contributed by atoms with van der Waals surface area (Å²) in [6.07, 6.45) is 1.09. The molecule has 1 fully saturated rings. The summed E-state index contributed by atoms with van der Waals surface area (Å²) in [5.41, 5.74) is 2.48. The molecule has 19 heavy (non-hydrogen) atoms. The van der Waals surface area contributed by atoms with Crippen molar-refractivity contribution in [2.45, 2.75) is 31.5 Å². The highest BCUT2D eigenvalue weighted by Crippen LogP contribution is 2.16. The van der Waals surface area contributed by atoms with E-state index >= 15 is 0 Å². The number of carbonyl (C=O) groups is 2. The molecule has 5 nitrogen and oxygen atoms in total. The van der Waals surface area contributed by atoms with Gasteiger partial charge in [-0.3, -0.25) is 9.59 Å². The Kier molecular flexibility index (Phi) is 3.21. The van der Waals surface area contributed by atoms with Crippen LogP contribution >= 0.6 is 0 Å². The van der Waals surface area contributed by atoms with Crippen LogP contribution in [0.4, 0.5) is 0 Å². The molecule has 0 aromatic heterocycles. The molecule has 0 spiro atoms. The number of carbonyl (C=O) groups excluding carboxylic acids is 2. The zero-order chi connectivity index (χ0) is 13.2. The highest BCUT2D eigenvalue weighted by atomic mass is 16.2. The van der Waals surface area contributed by atoms with Gasteiger partial charge in [0.25, 0.3) is 0 Å². The summed E-state index contributed by atoms with van der Waals surface area (Å²) in [5.74, 6) is -0.0109. The zero-order valence-electron chi connectivity index (χ0n) is 10.6. The van der Waals surface area contributed by atoms with Crippen molar-refractivity contribution < 1.29 is 9.59 Å². The van der Waals surface area contributed by atoms with E-state index in [4.69, 9.17) is 0 Å². The lowest BCUT2D eigenvalue weighted by atomic mass is 9.95. The molecular weight excluding hydrogens is 242 g/mol. The van der Waals surface area contributed by atoms with Gasteiger partial charge in [0, 0.05) is 19.5 Å². The maximum atomic E-state index is 12.2. The highest BCUT2D eigenvalue weighted by molar-refractivity contribution is 5.85. The van der Waals surface area contributed by atoms with Gasteiger partial charge >= 0.3 is 0 Å². The first-order valence-corrected chi connectivity index (χ1v) is 6.59. The van der Waals surface area contributed by atoms with Gasteiger partial charge in [-0.1, -0.05) is 24.3 Å². The molecule has 2 heterocycles. The Morgan fingerprint density at radius 1 is 1.21 bits per heavy atom. The fourth-order valence-electron chi connectivity index (χ4n) is 2.65. The summed E-state index contributed by atoms with van der Waals surface area (Å²) in [6, 6.07) is 7.88. The number of rotatable bonds is 2. The molecule has 1 saturated heterocycles. The fraction of sp³-hybridized carbons (Fsp3) is 0.429. The summed E-state index contributed by atoms with van der Waals surface area (Å²) in [7, 11) is 0. The third-order valence-corrected chi connectivity index (χ3v) is 3.72. The Morgan fingerprint density at radius 3 is 2.74 bits per heavy atom. The molecule has 2 atom stereocenters. The van der Waals surface area contributed by atoms with E-state index < -0.39 is 0 Å². The molecule has 3 N–H and O–H groups in total. The van der Waals surface area contributed by atoms with Crippen LogP contribution in [0.2, 0.25) is 0 Å². The minimum Gasteiger partial charge on any atom is -0.354 e. The molecule has 0 radical (unpaired) electrons. The standard InChI is InChI=1S/C14H17N3O2/c18-13-6-11(8-16-13)17-14(19)12-5-9-3-1-2-4-10(9)7-15-12/h1-4,11-12,15H,5-8H2,(H,16,18)(H,17,19)/t11?,12-/m1/s1. The second-order valence-electron chi connectivity index (χ2n) is 5.12. The lowest BCUT2D eigenvalue weighted by Gasteiger charge is -2.26. The van der Waals surface area contributed by atoms with E-state index in [1.807, 2.05) is 12.1 Å². The molecule has 5 heteroatoms. The van der Waals surface area contributed by atoms with Gasteiger partial charge in [-0.05, 0) is 17.5 Å². The van der Waals surface area contributed by atoms with Crippen LogP contribution in [-0.4, -0.2) is 30.4 Å². The Bertz CT molecular complexity index is 515. The molecule has 2 aliphatic heterocycles. The van der Waals surface area contributed by atoms with Crippen LogP contribution in [0.1, 0.15) is 17.5 Å². The van der Waals surface area contributed by atoms with Crippen molar-refractivity contribution in [1.29, 1.82) is 0 Å². The Labute approximate surface area is 111 Å². The maximum Gasteiger partial charge on any atom is 0.237 e. The van der Waals surface area contributed by atoms with Crippen molar-refractivity contribution in [2.24, 2.45) is 0 Å². The topological polar surface area (TPSA) is 70.2 Å². The molecule has 100 valence electrons. The number of nitrogens with one attached hydrogen (secondary N) is 3. The van der Waals surface area contributed by atoms with E-state index in [0.717, 1.165) is 6.54 Å². The molecule has 1 unspecified atom stereocenters. The molecule has 1 aromatic rings. The number of hydrogen-bond donors (Lipinski definition) is 3. The van der Waals surface area contributed by atoms with Gasteiger partial charge in [0.15, 0.2) is 0 Å². The van der Waals surface area contributed by atoms with Crippen molar-refractivity contribution in [3.05, 3.63) is 35.4 Å². The highest BCUT2D eigenvalue weighted by Gasteiger charge is 2.28. The van der Waals surface area contributed by atoms with Gasteiger partial charge in [-0.2, -0.15) is 0 Å². The van der Waals surface area contributed by atoms with Crippen LogP contribution in [-0.2, 0) is 22.6 Å². The molecule has 0 bridgehead atoms. The van der Waals surface area contributed by atoms with E-state index in [2.05, 4.69) is 28.1 Å². The maximum absolute atomic E-state index is 12.2. The predicted octanol–water partition coefficient (Wildman–Crippen LogP) is -0.294. The molecule has 2 amide bonds. The van der Waals surface area contributed by atoms with Gasteiger partial charge < -0.3 is 16.0 Å².